The van der Waals surface area contributed by atoms with Gasteiger partial charge in [-0.05, 0) is 44.5 Å². The Morgan fingerprint density at radius 3 is 2.57 bits per heavy atom. The van der Waals surface area contributed by atoms with Crippen LogP contribution in [-0.2, 0) is 21.1 Å². The highest BCUT2D eigenvalue weighted by Crippen LogP contribution is 2.38. The highest BCUT2D eigenvalue weighted by atomic mass is 19.4. The molecule has 0 aliphatic carbocycles. The minimum atomic E-state index is -4.42. The number of ether oxygens (including phenoxy) is 1. The predicted molar refractivity (Wildman–Crippen MR) is 71.9 cm³/mol. The van der Waals surface area contributed by atoms with E-state index in [1.54, 1.807) is 13.0 Å². The fourth-order valence-corrected chi connectivity index (χ4v) is 2.73. The molecule has 0 unspecified atom stereocenters. The molecular weight excluding hydrogens is 283 g/mol. The van der Waals surface area contributed by atoms with Gasteiger partial charge in [0.15, 0.2) is 0 Å². The molecule has 1 aliphatic rings. The number of halogens is 3. The van der Waals surface area contributed by atoms with Gasteiger partial charge in [-0.1, -0.05) is 18.2 Å². The summed E-state index contributed by atoms with van der Waals surface area (Å²) in [6.07, 6.45) is -3.54. The van der Waals surface area contributed by atoms with Crippen LogP contribution in [0, 0.1) is 0 Å². The molecule has 3 nitrogen and oxygen atoms in total. The summed E-state index contributed by atoms with van der Waals surface area (Å²) in [5.41, 5.74) is -1.33. The number of carbonyl (C=O) groups is 1. The molecule has 116 valence electrons. The zero-order valence-corrected chi connectivity index (χ0v) is 11.8. The van der Waals surface area contributed by atoms with Crippen molar-refractivity contribution in [2.75, 3.05) is 19.7 Å². The molecule has 0 saturated carbocycles. The molecule has 0 spiro atoms. The van der Waals surface area contributed by atoms with Crippen molar-refractivity contribution in [1.29, 1.82) is 0 Å². The van der Waals surface area contributed by atoms with Crippen LogP contribution in [0.25, 0.3) is 0 Å². The van der Waals surface area contributed by atoms with Gasteiger partial charge in [0.2, 0.25) is 0 Å². The molecule has 0 atom stereocenters. The van der Waals surface area contributed by atoms with Gasteiger partial charge in [-0.3, -0.25) is 4.79 Å². The Hall–Kier alpha value is -1.56. The molecule has 0 radical (unpaired) electrons. The van der Waals surface area contributed by atoms with Crippen molar-refractivity contribution >= 4 is 5.97 Å². The first-order valence-electron chi connectivity index (χ1n) is 6.96. The number of hydrogen-bond acceptors (Lipinski definition) is 3. The van der Waals surface area contributed by atoms with Crippen molar-refractivity contribution in [3.8, 4) is 0 Å². The molecule has 1 heterocycles. The fraction of sp³-hybridized carbons (Fsp3) is 0.533. The summed E-state index contributed by atoms with van der Waals surface area (Å²) in [4.78, 5) is 12.4. The number of nitrogens with one attached hydrogen (secondary N) is 1. The van der Waals surface area contributed by atoms with E-state index >= 15 is 0 Å². The number of piperidine rings is 1. The molecule has 1 saturated heterocycles. The predicted octanol–water partition coefficient (Wildman–Crippen LogP) is 2.89. The summed E-state index contributed by atoms with van der Waals surface area (Å²) >= 11 is 0. The van der Waals surface area contributed by atoms with Gasteiger partial charge < -0.3 is 10.1 Å². The molecule has 1 fully saturated rings. The molecule has 1 aromatic carbocycles. The monoisotopic (exact) mass is 301 g/mol. The molecular formula is C15H18F3NO2. The molecule has 0 bridgehead atoms. The fourth-order valence-electron chi connectivity index (χ4n) is 2.73. The normalized spacial score (nSPS) is 18.3. The first-order valence-corrected chi connectivity index (χ1v) is 6.96. The van der Waals surface area contributed by atoms with Gasteiger partial charge >= 0.3 is 12.1 Å². The maximum atomic E-state index is 12.9. The number of hydrogen-bond donors (Lipinski definition) is 1. The van der Waals surface area contributed by atoms with Crippen LogP contribution >= 0.6 is 0 Å². The van der Waals surface area contributed by atoms with Crippen molar-refractivity contribution in [3.63, 3.8) is 0 Å². The molecule has 1 N–H and O–H groups in total. The summed E-state index contributed by atoms with van der Waals surface area (Å²) in [5.74, 6) is -0.439. The lowest BCUT2D eigenvalue weighted by Gasteiger charge is -2.36. The topological polar surface area (TPSA) is 38.3 Å². The lowest BCUT2D eigenvalue weighted by molar-refractivity contribution is -0.151. The van der Waals surface area contributed by atoms with Gasteiger partial charge in [-0.25, -0.2) is 0 Å². The average molecular weight is 301 g/mol. The largest absolute Gasteiger partial charge is 0.465 e. The lowest BCUT2D eigenvalue weighted by atomic mass is 9.73. The standard InChI is InChI=1S/C15H18F3NO2/c1-2-21-13(20)14(6-8-19-9-7-14)11-4-3-5-12(10-11)15(16,17)18/h3-5,10,19H,2,6-9H2,1H3. The highest BCUT2D eigenvalue weighted by Gasteiger charge is 2.43. The van der Waals surface area contributed by atoms with E-state index in [0.717, 1.165) is 12.1 Å². The molecule has 1 aromatic rings. The maximum absolute atomic E-state index is 12.9. The highest BCUT2D eigenvalue weighted by molar-refractivity contribution is 5.83. The molecule has 6 heteroatoms. The van der Waals surface area contributed by atoms with E-state index < -0.39 is 23.1 Å². The Labute approximate surface area is 121 Å². The van der Waals surface area contributed by atoms with Crippen molar-refractivity contribution in [2.45, 2.75) is 31.4 Å². The number of carbonyl (C=O) groups excluding carboxylic acids is 1. The van der Waals surface area contributed by atoms with Crippen LogP contribution < -0.4 is 5.32 Å². The minimum absolute atomic E-state index is 0.215. The van der Waals surface area contributed by atoms with Gasteiger partial charge in [-0.15, -0.1) is 0 Å². The van der Waals surface area contributed by atoms with Crippen LogP contribution in [0.15, 0.2) is 24.3 Å². The van der Waals surface area contributed by atoms with Crippen LogP contribution in [0.1, 0.15) is 30.9 Å². The van der Waals surface area contributed by atoms with E-state index in [2.05, 4.69) is 5.32 Å². The third-order valence-corrected chi connectivity index (χ3v) is 3.87. The van der Waals surface area contributed by atoms with Gasteiger partial charge in [0.05, 0.1) is 17.6 Å². The average Bonchev–Trinajstić information content (AvgIpc) is 2.47. The van der Waals surface area contributed by atoms with E-state index in [1.165, 1.54) is 6.07 Å². The van der Waals surface area contributed by atoms with Crippen LogP contribution in [0.2, 0.25) is 0 Å². The van der Waals surface area contributed by atoms with Crippen LogP contribution in [0.5, 0.6) is 0 Å². The van der Waals surface area contributed by atoms with Crippen molar-refractivity contribution < 1.29 is 22.7 Å². The molecule has 1 aliphatic heterocycles. The summed E-state index contributed by atoms with van der Waals surface area (Å²) < 4.78 is 43.8. The van der Waals surface area contributed by atoms with Crippen LogP contribution in [-0.4, -0.2) is 25.7 Å². The third kappa shape index (κ3) is 3.20. The van der Waals surface area contributed by atoms with E-state index in [9.17, 15) is 18.0 Å². The van der Waals surface area contributed by atoms with Gasteiger partial charge in [0.1, 0.15) is 0 Å². The molecule has 2 rings (SSSR count). The van der Waals surface area contributed by atoms with E-state index in [-0.39, 0.29) is 6.61 Å². The van der Waals surface area contributed by atoms with E-state index in [1.807, 2.05) is 0 Å². The first kappa shape index (κ1) is 15.8. The second-order valence-electron chi connectivity index (χ2n) is 5.13. The zero-order chi connectivity index (χ0) is 15.5. The van der Waals surface area contributed by atoms with E-state index in [4.69, 9.17) is 4.74 Å². The third-order valence-electron chi connectivity index (χ3n) is 3.87. The Kier molecular flexibility index (Phi) is 4.56. The Morgan fingerprint density at radius 2 is 2.00 bits per heavy atom. The van der Waals surface area contributed by atoms with Gasteiger partial charge in [0.25, 0.3) is 0 Å². The van der Waals surface area contributed by atoms with Crippen molar-refractivity contribution in [1.82, 2.24) is 5.32 Å². The van der Waals surface area contributed by atoms with Gasteiger partial charge in [-0.2, -0.15) is 13.2 Å². The second-order valence-corrected chi connectivity index (χ2v) is 5.13. The summed E-state index contributed by atoms with van der Waals surface area (Å²) in [6.45, 7) is 3.07. The number of alkyl halides is 3. The van der Waals surface area contributed by atoms with Crippen LogP contribution in [0.3, 0.4) is 0 Å². The smallest absolute Gasteiger partial charge is 0.416 e. The van der Waals surface area contributed by atoms with Gasteiger partial charge in [0, 0.05) is 0 Å². The van der Waals surface area contributed by atoms with Crippen molar-refractivity contribution in [3.05, 3.63) is 35.4 Å². The summed E-state index contributed by atoms with van der Waals surface area (Å²) in [7, 11) is 0. The molecule has 0 aromatic heterocycles. The maximum Gasteiger partial charge on any atom is 0.416 e. The van der Waals surface area contributed by atoms with E-state index in [0.29, 0.717) is 31.5 Å². The number of rotatable bonds is 3. The molecule has 0 amide bonds. The summed E-state index contributed by atoms with van der Waals surface area (Å²) in [6, 6.07) is 5.02. The number of benzene rings is 1. The lowest BCUT2D eigenvalue weighted by Crippen LogP contribution is -2.46. The summed E-state index contributed by atoms with van der Waals surface area (Å²) in [5, 5.41) is 3.12. The Bertz CT molecular complexity index is 508. The Morgan fingerprint density at radius 1 is 1.33 bits per heavy atom. The minimum Gasteiger partial charge on any atom is -0.465 e. The SMILES string of the molecule is CCOC(=O)C1(c2cccc(C(F)(F)F)c2)CCNCC1. The quantitative estimate of drug-likeness (QED) is 0.873. The first-order chi connectivity index (χ1) is 9.90. The number of esters is 1. The Balaban J connectivity index is 2.44. The zero-order valence-electron chi connectivity index (χ0n) is 11.8. The van der Waals surface area contributed by atoms with Crippen LogP contribution in [0.4, 0.5) is 13.2 Å². The second kappa shape index (κ2) is 6.05. The van der Waals surface area contributed by atoms with Crippen molar-refractivity contribution in [2.24, 2.45) is 0 Å². The molecule has 21 heavy (non-hydrogen) atoms.